The Morgan fingerprint density at radius 3 is 2.14 bits per heavy atom. The third kappa shape index (κ3) is 8.01. The molecule has 0 aliphatic carbocycles. The number of rotatable bonds is 1. The lowest BCUT2D eigenvalue weighted by Crippen LogP contribution is -2.17. The van der Waals surface area contributed by atoms with E-state index in [4.69, 9.17) is 5.11 Å². The van der Waals surface area contributed by atoms with E-state index in [1.165, 1.54) is 0 Å². The van der Waals surface area contributed by atoms with E-state index in [-0.39, 0.29) is 11.7 Å². The molecule has 4 heteroatoms. The van der Waals surface area contributed by atoms with E-state index < -0.39 is 0 Å². The smallest absolute Gasteiger partial charge is 0.293 e. The first kappa shape index (κ1) is 13.4. The molecular formula is C10H21NO3. The molecule has 1 aliphatic heterocycles. The molecule has 1 fully saturated rings. The summed E-state index contributed by atoms with van der Waals surface area (Å²) in [6.45, 7) is 8.78. The SMILES string of the molecule is CC(C)(C)OC=O.CC1CC(O)CN1. The van der Waals surface area contributed by atoms with Crippen LogP contribution in [0.4, 0.5) is 0 Å². The van der Waals surface area contributed by atoms with Gasteiger partial charge in [-0.2, -0.15) is 0 Å². The average molecular weight is 203 g/mol. The van der Waals surface area contributed by atoms with Gasteiger partial charge in [-0.1, -0.05) is 0 Å². The number of hydrogen-bond donors (Lipinski definition) is 2. The van der Waals surface area contributed by atoms with Gasteiger partial charge in [0.25, 0.3) is 6.47 Å². The summed E-state index contributed by atoms with van der Waals surface area (Å²) in [6, 6.07) is 0.523. The monoisotopic (exact) mass is 203 g/mol. The number of ether oxygens (including phenoxy) is 1. The van der Waals surface area contributed by atoms with Crippen LogP contribution in [0.25, 0.3) is 0 Å². The largest absolute Gasteiger partial charge is 0.462 e. The summed E-state index contributed by atoms with van der Waals surface area (Å²) >= 11 is 0. The van der Waals surface area contributed by atoms with Crippen molar-refractivity contribution in [1.82, 2.24) is 5.32 Å². The van der Waals surface area contributed by atoms with E-state index in [1.54, 1.807) is 0 Å². The molecule has 1 aliphatic rings. The summed E-state index contributed by atoms with van der Waals surface area (Å²) in [6.07, 6.45) is 0.829. The zero-order valence-electron chi connectivity index (χ0n) is 9.41. The van der Waals surface area contributed by atoms with Crippen molar-refractivity contribution in [3.63, 3.8) is 0 Å². The molecule has 4 nitrogen and oxygen atoms in total. The highest BCUT2D eigenvalue weighted by Crippen LogP contribution is 2.03. The van der Waals surface area contributed by atoms with Gasteiger partial charge in [0.1, 0.15) is 5.60 Å². The van der Waals surface area contributed by atoms with Crippen molar-refractivity contribution in [1.29, 1.82) is 0 Å². The molecule has 0 bridgehead atoms. The zero-order valence-corrected chi connectivity index (χ0v) is 9.41. The number of nitrogens with one attached hydrogen (secondary N) is 1. The van der Waals surface area contributed by atoms with Crippen LogP contribution >= 0.6 is 0 Å². The number of aliphatic hydroxyl groups is 1. The Hall–Kier alpha value is -0.610. The second-order valence-corrected chi connectivity index (χ2v) is 4.53. The predicted molar refractivity (Wildman–Crippen MR) is 55.0 cm³/mol. The molecule has 0 amide bonds. The quantitative estimate of drug-likeness (QED) is 0.615. The van der Waals surface area contributed by atoms with Gasteiger partial charge in [0.05, 0.1) is 6.10 Å². The molecule has 0 spiro atoms. The van der Waals surface area contributed by atoms with E-state index >= 15 is 0 Å². The first-order chi connectivity index (χ1) is 6.35. The molecule has 84 valence electrons. The second kappa shape index (κ2) is 5.98. The minimum atomic E-state index is -0.318. The van der Waals surface area contributed by atoms with Crippen molar-refractivity contribution in [3.05, 3.63) is 0 Å². The van der Waals surface area contributed by atoms with Crippen LogP contribution in [0.5, 0.6) is 0 Å². The maximum Gasteiger partial charge on any atom is 0.293 e. The van der Waals surface area contributed by atoms with Crippen LogP contribution in [0.1, 0.15) is 34.1 Å². The molecule has 2 N–H and O–H groups in total. The Balaban J connectivity index is 0.000000241. The summed E-state index contributed by atoms with van der Waals surface area (Å²) in [4.78, 5) is 9.60. The first-order valence-corrected chi connectivity index (χ1v) is 4.88. The molecule has 2 atom stereocenters. The van der Waals surface area contributed by atoms with Gasteiger partial charge in [0.15, 0.2) is 0 Å². The van der Waals surface area contributed by atoms with Crippen LogP contribution in [0, 0.1) is 0 Å². The minimum absolute atomic E-state index is 0.0880. The fourth-order valence-electron chi connectivity index (χ4n) is 1.06. The van der Waals surface area contributed by atoms with Gasteiger partial charge in [-0.15, -0.1) is 0 Å². The van der Waals surface area contributed by atoms with E-state index in [0.717, 1.165) is 13.0 Å². The zero-order chi connectivity index (χ0) is 11.2. The Bertz CT molecular complexity index is 157. The standard InChI is InChI=1S/C5H11NO.C5H10O2/c1-4-2-5(7)3-6-4;1-5(2,3)7-4-6/h4-7H,2-3H2,1H3;4H,1-3H3. The molecule has 0 radical (unpaired) electrons. The van der Waals surface area contributed by atoms with Crippen LogP contribution in [0.15, 0.2) is 0 Å². The normalized spacial score (nSPS) is 26.4. The summed E-state index contributed by atoms with van der Waals surface area (Å²) in [7, 11) is 0. The summed E-state index contributed by atoms with van der Waals surface area (Å²) < 4.78 is 4.55. The summed E-state index contributed by atoms with van der Waals surface area (Å²) in [5.74, 6) is 0. The molecule has 1 saturated heterocycles. The first-order valence-electron chi connectivity index (χ1n) is 4.88. The number of carbonyl (C=O) groups excluding carboxylic acids is 1. The number of β-amino-alcohol motifs (C(OH)–C–C–N with tert-alkyl or cyclic N) is 1. The summed E-state index contributed by atoms with van der Waals surface area (Å²) in [5, 5.41) is 12.0. The van der Waals surface area contributed by atoms with Crippen LogP contribution in [-0.4, -0.2) is 35.9 Å². The van der Waals surface area contributed by atoms with E-state index in [1.807, 2.05) is 20.8 Å². The lowest BCUT2D eigenvalue weighted by Gasteiger charge is -2.14. The lowest BCUT2D eigenvalue weighted by atomic mass is 10.2. The molecule has 14 heavy (non-hydrogen) atoms. The van der Waals surface area contributed by atoms with Gasteiger partial charge in [0.2, 0.25) is 0 Å². The Morgan fingerprint density at radius 2 is 2.07 bits per heavy atom. The fraction of sp³-hybridized carbons (Fsp3) is 0.900. The molecule has 0 aromatic heterocycles. The van der Waals surface area contributed by atoms with Crippen molar-refractivity contribution in [2.24, 2.45) is 0 Å². The molecule has 0 aromatic rings. The van der Waals surface area contributed by atoms with E-state index in [9.17, 15) is 4.79 Å². The number of carbonyl (C=O) groups is 1. The number of aliphatic hydroxyl groups excluding tert-OH is 1. The van der Waals surface area contributed by atoms with Gasteiger partial charge in [-0.05, 0) is 34.1 Å². The van der Waals surface area contributed by atoms with Crippen molar-refractivity contribution in [3.8, 4) is 0 Å². The van der Waals surface area contributed by atoms with Gasteiger partial charge in [-0.3, -0.25) is 4.79 Å². The summed E-state index contributed by atoms with van der Waals surface area (Å²) in [5.41, 5.74) is -0.318. The fourth-order valence-corrected chi connectivity index (χ4v) is 1.06. The van der Waals surface area contributed by atoms with Crippen molar-refractivity contribution < 1.29 is 14.6 Å². The van der Waals surface area contributed by atoms with Crippen LogP contribution in [0.2, 0.25) is 0 Å². The number of hydrogen-bond acceptors (Lipinski definition) is 4. The maximum absolute atomic E-state index is 9.60. The highest BCUT2D eigenvalue weighted by molar-refractivity contribution is 5.37. The Labute approximate surface area is 85.6 Å². The third-order valence-electron chi connectivity index (χ3n) is 1.73. The van der Waals surface area contributed by atoms with Crippen molar-refractivity contribution in [2.45, 2.75) is 51.9 Å². The van der Waals surface area contributed by atoms with Crippen molar-refractivity contribution >= 4 is 6.47 Å². The molecular weight excluding hydrogens is 182 g/mol. The van der Waals surface area contributed by atoms with Crippen LogP contribution in [-0.2, 0) is 9.53 Å². The van der Waals surface area contributed by atoms with Gasteiger partial charge < -0.3 is 15.2 Å². The second-order valence-electron chi connectivity index (χ2n) is 4.53. The lowest BCUT2D eigenvalue weighted by molar-refractivity contribution is -0.138. The van der Waals surface area contributed by atoms with Crippen LogP contribution in [0.3, 0.4) is 0 Å². The Kier molecular flexibility index (Phi) is 5.72. The molecule has 0 aromatic carbocycles. The highest BCUT2D eigenvalue weighted by atomic mass is 16.5. The van der Waals surface area contributed by atoms with Crippen LogP contribution < -0.4 is 5.32 Å². The third-order valence-corrected chi connectivity index (χ3v) is 1.73. The molecule has 2 unspecified atom stereocenters. The molecule has 1 rings (SSSR count). The topological polar surface area (TPSA) is 58.6 Å². The Morgan fingerprint density at radius 1 is 1.50 bits per heavy atom. The predicted octanol–water partition coefficient (Wildman–Crippen LogP) is 0.687. The van der Waals surface area contributed by atoms with Crippen molar-refractivity contribution in [2.75, 3.05) is 6.54 Å². The van der Waals surface area contributed by atoms with Gasteiger partial charge in [-0.25, -0.2) is 0 Å². The van der Waals surface area contributed by atoms with E-state index in [2.05, 4.69) is 17.0 Å². The average Bonchev–Trinajstić information content (AvgIpc) is 2.33. The van der Waals surface area contributed by atoms with Gasteiger partial charge >= 0.3 is 0 Å². The van der Waals surface area contributed by atoms with Gasteiger partial charge in [0, 0.05) is 12.6 Å². The molecule has 0 saturated carbocycles. The highest BCUT2D eigenvalue weighted by Gasteiger charge is 2.16. The maximum atomic E-state index is 9.60. The molecule has 1 heterocycles. The minimum Gasteiger partial charge on any atom is -0.462 e. The van der Waals surface area contributed by atoms with E-state index in [0.29, 0.717) is 12.5 Å².